The van der Waals surface area contributed by atoms with Gasteiger partial charge in [0.15, 0.2) is 0 Å². The lowest BCUT2D eigenvalue weighted by atomic mass is 10.1. The fraction of sp³-hybridized carbons (Fsp3) is 0.389. The predicted molar refractivity (Wildman–Crippen MR) is 91.5 cm³/mol. The van der Waals surface area contributed by atoms with Gasteiger partial charge in [0.1, 0.15) is 5.76 Å². The molecule has 1 aromatic heterocycles. The molecule has 2 rings (SSSR count). The number of aryl methyl sites for hydroxylation is 2. The van der Waals surface area contributed by atoms with Crippen molar-refractivity contribution in [1.82, 2.24) is 15.6 Å². The molecule has 2 aromatic rings. The Hall–Kier alpha value is -2.63. The summed E-state index contributed by atoms with van der Waals surface area (Å²) in [5, 5.41) is 5.37. The number of benzene rings is 1. The summed E-state index contributed by atoms with van der Waals surface area (Å²) in [5.41, 5.74) is 2.77. The van der Waals surface area contributed by atoms with Crippen molar-refractivity contribution in [3.8, 4) is 11.5 Å². The first kappa shape index (κ1) is 17.7. The minimum absolute atomic E-state index is 0.115. The highest BCUT2D eigenvalue weighted by Gasteiger charge is 2.14. The number of carbonyl (C=O) groups is 2. The third-order valence-corrected chi connectivity index (χ3v) is 3.65. The second-order valence-electron chi connectivity index (χ2n) is 5.58. The number of hydrogen-bond acceptors (Lipinski definition) is 4. The summed E-state index contributed by atoms with van der Waals surface area (Å²) in [4.78, 5) is 27.1. The highest BCUT2D eigenvalue weighted by atomic mass is 16.4. The number of oxazole rings is 1. The molecule has 0 radical (unpaired) electrons. The maximum Gasteiger partial charge on any atom is 0.226 e. The second kappa shape index (κ2) is 8.29. The normalized spacial score (nSPS) is 10.5. The molecule has 2 N–H and O–H groups in total. The van der Waals surface area contributed by atoms with Crippen LogP contribution in [0.1, 0.15) is 30.9 Å². The molecule has 0 bridgehead atoms. The van der Waals surface area contributed by atoms with E-state index in [2.05, 4.69) is 22.5 Å². The Bertz CT molecular complexity index is 705. The fourth-order valence-electron chi connectivity index (χ4n) is 2.25. The van der Waals surface area contributed by atoms with E-state index in [1.54, 1.807) is 6.92 Å². The van der Waals surface area contributed by atoms with Crippen LogP contribution < -0.4 is 10.6 Å². The molecule has 0 saturated heterocycles. The zero-order valence-electron chi connectivity index (χ0n) is 14.3. The lowest BCUT2D eigenvalue weighted by Gasteiger charge is -2.04. The van der Waals surface area contributed by atoms with Crippen LogP contribution in [0.15, 0.2) is 28.7 Å². The molecule has 0 saturated carbocycles. The smallest absolute Gasteiger partial charge is 0.226 e. The summed E-state index contributed by atoms with van der Waals surface area (Å²) in [6, 6.07) is 8.04. The highest BCUT2D eigenvalue weighted by Crippen LogP contribution is 2.22. The maximum absolute atomic E-state index is 11.9. The fourth-order valence-corrected chi connectivity index (χ4v) is 2.25. The van der Waals surface area contributed by atoms with E-state index in [1.807, 2.05) is 24.3 Å². The van der Waals surface area contributed by atoms with Gasteiger partial charge in [-0.3, -0.25) is 9.59 Å². The number of carbonyl (C=O) groups excluding carboxylic acids is 2. The van der Waals surface area contributed by atoms with E-state index in [4.69, 9.17) is 4.42 Å². The zero-order chi connectivity index (χ0) is 17.5. The molecule has 6 nitrogen and oxygen atoms in total. The third-order valence-electron chi connectivity index (χ3n) is 3.65. The largest absolute Gasteiger partial charge is 0.441 e. The standard InChI is InChI=1S/C18H23N3O3/c1-4-14-5-7-15(8-6-14)18-21-16(12(2)24-18)11-17(23)20-10-9-19-13(3)22/h5-8H,4,9-11H2,1-3H3,(H,19,22)(H,20,23). The molecule has 0 aliphatic carbocycles. The van der Waals surface area contributed by atoms with Gasteiger partial charge in [-0.15, -0.1) is 0 Å². The van der Waals surface area contributed by atoms with Crippen LogP contribution in [0.3, 0.4) is 0 Å². The van der Waals surface area contributed by atoms with Gasteiger partial charge in [0.05, 0.1) is 12.1 Å². The molecular formula is C18H23N3O3. The summed E-state index contributed by atoms with van der Waals surface area (Å²) < 4.78 is 5.68. The van der Waals surface area contributed by atoms with Crippen LogP contribution in [-0.2, 0) is 22.4 Å². The van der Waals surface area contributed by atoms with Crippen LogP contribution >= 0.6 is 0 Å². The minimum Gasteiger partial charge on any atom is -0.441 e. The van der Waals surface area contributed by atoms with Crippen molar-refractivity contribution in [1.29, 1.82) is 0 Å². The van der Waals surface area contributed by atoms with Crippen molar-refractivity contribution < 1.29 is 14.0 Å². The van der Waals surface area contributed by atoms with Crippen LogP contribution in [0.2, 0.25) is 0 Å². The van der Waals surface area contributed by atoms with Crippen molar-refractivity contribution in [2.45, 2.75) is 33.6 Å². The SMILES string of the molecule is CCc1ccc(-c2nc(CC(=O)NCCNC(C)=O)c(C)o2)cc1. The molecule has 0 spiro atoms. The lowest BCUT2D eigenvalue weighted by molar-refractivity contribution is -0.121. The number of amides is 2. The average Bonchev–Trinajstić information content (AvgIpc) is 2.92. The topological polar surface area (TPSA) is 84.2 Å². The predicted octanol–water partition coefficient (Wildman–Crippen LogP) is 2.01. The van der Waals surface area contributed by atoms with Gasteiger partial charge in [-0.05, 0) is 31.0 Å². The van der Waals surface area contributed by atoms with E-state index in [-0.39, 0.29) is 18.2 Å². The van der Waals surface area contributed by atoms with Gasteiger partial charge in [0.25, 0.3) is 0 Å². The van der Waals surface area contributed by atoms with E-state index in [0.29, 0.717) is 30.4 Å². The van der Waals surface area contributed by atoms with E-state index >= 15 is 0 Å². The van der Waals surface area contributed by atoms with Gasteiger partial charge in [0, 0.05) is 25.6 Å². The van der Waals surface area contributed by atoms with Crippen molar-refractivity contribution in [2.24, 2.45) is 0 Å². The van der Waals surface area contributed by atoms with Gasteiger partial charge < -0.3 is 15.1 Å². The Labute approximate surface area is 141 Å². The van der Waals surface area contributed by atoms with Crippen molar-refractivity contribution >= 4 is 11.8 Å². The number of nitrogens with one attached hydrogen (secondary N) is 2. The van der Waals surface area contributed by atoms with E-state index in [0.717, 1.165) is 12.0 Å². The van der Waals surface area contributed by atoms with Crippen LogP contribution in [-0.4, -0.2) is 29.9 Å². The molecular weight excluding hydrogens is 306 g/mol. The summed E-state index contributed by atoms with van der Waals surface area (Å²) in [7, 11) is 0. The van der Waals surface area contributed by atoms with Crippen LogP contribution in [0.4, 0.5) is 0 Å². The third kappa shape index (κ3) is 4.94. The molecule has 2 amide bonds. The van der Waals surface area contributed by atoms with Crippen molar-refractivity contribution in [3.63, 3.8) is 0 Å². The number of nitrogens with zero attached hydrogens (tertiary/aromatic N) is 1. The first-order chi connectivity index (χ1) is 11.5. The van der Waals surface area contributed by atoms with Gasteiger partial charge >= 0.3 is 0 Å². The van der Waals surface area contributed by atoms with Gasteiger partial charge in [-0.25, -0.2) is 4.98 Å². The van der Waals surface area contributed by atoms with Crippen LogP contribution in [0, 0.1) is 6.92 Å². The molecule has 1 heterocycles. The van der Waals surface area contributed by atoms with Crippen LogP contribution in [0.25, 0.3) is 11.5 Å². The summed E-state index contributed by atoms with van der Waals surface area (Å²) in [5.74, 6) is 0.901. The Morgan fingerprint density at radius 3 is 2.42 bits per heavy atom. The van der Waals surface area contributed by atoms with Crippen LogP contribution in [0.5, 0.6) is 0 Å². The number of hydrogen-bond donors (Lipinski definition) is 2. The van der Waals surface area contributed by atoms with Gasteiger partial charge in [-0.2, -0.15) is 0 Å². The molecule has 6 heteroatoms. The Kier molecular flexibility index (Phi) is 6.12. The van der Waals surface area contributed by atoms with E-state index in [1.165, 1.54) is 12.5 Å². The monoisotopic (exact) mass is 329 g/mol. The summed E-state index contributed by atoms with van der Waals surface area (Å²) in [6.45, 7) is 6.15. The molecule has 0 atom stereocenters. The number of aromatic nitrogens is 1. The van der Waals surface area contributed by atoms with E-state index < -0.39 is 0 Å². The number of rotatable bonds is 7. The average molecular weight is 329 g/mol. The Morgan fingerprint density at radius 2 is 1.79 bits per heavy atom. The quantitative estimate of drug-likeness (QED) is 0.761. The maximum atomic E-state index is 11.9. The molecule has 128 valence electrons. The minimum atomic E-state index is -0.148. The van der Waals surface area contributed by atoms with Gasteiger partial charge in [0.2, 0.25) is 17.7 Å². The first-order valence-electron chi connectivity index (χ1n) is 8.06. The molecule has 0 aliphatic heterocycles. The molecule has 0 fully saturated rings. The lowest BCUT2D eigenvalue weighted by Crippen LogP contribution is -2.34. The van der Waals surface area contributed by atoms with Gasteiger partial charge in [-0.1, -0.05) is 19.1 Å². The molecule has 1 aromatic carbocycles. The summed E-state index contributed by atoms with van der Waals surface area (Å²) in [6.07, 6.45) is 1.14. The molecule has 0 unspecified atom stereocenters. The van der Waals surface area contributed by atoms with Crippen molar-refractivity contribution in [3.05, 3.63) is 41.3 Å². The Balaban J connectivity index is 1.95. The summed E-state index contributed by atoms with van der Waals surface area (Å²) >= 11 is 0. The molecule has 0 aliphatic rings. The Morgan fingerprint density at radius 1 is 1.12 bits per heavy atom. The van der Waals surface area contributed by atoms with Crippen molar-refractivity contribution in [2.75, 3.05) is 13.1 Å². The van der Waals surface area contributed by atoms with E-state index in [9.17, 15) is 9.59 Å². The highest BCUT2D eigenvalue weighted by molar-refractivity contribution is 5.78. The second-order valence-corrected chi connectivity index (χ2v) is 5.58. The zero-order valence-corrected chi connectivity index (χ0v) is 14.3. The first-order valence-corrected chi connectivity index (χ1v) is 8.06. The molecule has 24 heavy (non-hydrogen) atoms.